The van der Waals surface area contributed by atoms with Crippen LogP contribution in [0.4, 0.5) is 0 Å². The normalized spacial score (nSPS) is 21.7. The van der Waals surface area contributed by atoms with E-state index in [1.165, 1.54) is 0 Å². The smallest absolute Gasteiger partial charge is 0.164 e. The SMILES string of the molecule is CC1(C)CCC(=Cc2ccccc2Cl)C1=O. The van der Waals surface area contributed by atoms with Crippen LogP contribution < -0.4 is 0 Å². The van der Waals surface area contributed by atoms with Gasteiger partial charge in [0.05, 0.1) is 0 Å². The molecule has 0 saturated heterocycles. The van der Waals surface area contributed by atoms with Crippen molar-refractivity contribution < 1.29 is 4.79 Å². The number of benzene rings is 1. The monoisotopic (exact) mass is 234 g/mol. The third kappa shape index (κ3) is 2.05. The average molecular weight is 235 g/mol. The molecular weight excluding hydrogens is 220 g/mol. The Morgan fingerprint density at radius 2 is 2.00 bits per heavy atom. The molecule has 1 aromatic carbocycles. The molecule has 1 fully saturated rings. The fourth-order valence-corrected chi connectivity index (χ4v) is 2.22. The van der Waals surface area contributed by atoms with Crippen LogP contribution in [-0.4, -0.2) is 5.78 Å². The highest BCUT2D eigenvalue weighted by atomic mass is 35.5. The van der Waals surface area contributed by atoms with Crippen LogP contribution in [0.15, 0.2) is 29.8 Å². The van der Waals surface area contributed by atoms with Gasteiger partial charge in [0.15, 0.2) is 5.78 Å². The van der Waals surface area contributed by atoms with Gasteiger partial charge in [-0.15, -0.1) is 0 Å². The second kappa shape index (κ2) is 4.06. The predicted molar refractivity (Wildman–Crippen MR) is 67.5 cm³/mol. The lowest BCUT2D eigenvalue weighted by Gasteiger charge is -2.12. The molecule has 1 aromatic rings. The molecule has 0 atom stereocenters. The van der Waals surface area contributed by atoms with E-state index in [9.17, 15) is 4.79 Å². The Kier molecular flexibility index (Phi) is 2.90. The Balaban J connectivity index is 2.34. The molecule has 1 nitrogen and oxygen atoms in total. The second-order valence-corrected chi connectivity index (χ2v) is 5.31. The fraction of sp³-hybridized carbons (Fsp3) is 0.357. The number of hydrogen-bond acceptors (Lipinski definition) is 1. The highest BCUT2D eigenvalue weighted by molar-refractivity contribution is 6.32. The van der Waals surface area contributed by atoms with E-state index in [2.05, 4.69) is 0 Å². The molecule has 2 heteroatoms. The van der Waals surface area contributed by atoms with Crippen LogP contribution in [0.3, 0.4) is 0 Å². The zero-order valence-corrected chi connectivity index (χ0v) is 10.3. The number of carbonyl (C=O) groups is 1. The van der Waals surface area contributed by atoms with E-state index in [0.29, 0.717) is 5.02 Å². The van der Waals surface area contributed by atoms with Crippen molar-refractivity contribution in [1.29, 1.82) is 0 Å². The molecule has 0 aliphatic heterocycles. The standard InChI is InChI=1S/C14H15ClO/c1-14(2)8-7-11(13(14)16)9-10-5-3-4-6-12(10)15/h3-6,9H,7-8H2,1-2H3. The molecule has 0 unspecified atom stereocenters. The fourth-order valence-electron chi connectivity index (χ4n) is 2.03. The largest absolute Gasteiger partial charge is 0.294 e. The Morgan fingerprint density at radius 3 is 2.56 bits per heavy atom. The molecule has 16 heavy (non-hydrogen) atoms. The van der Waals surface area contributed by atoms with Gasteiger partial charge in [-0.25, -0.2) is 0 Å². The number of Topliss-reactive ketones (excluding diaryl/α,β-unsaturated/α-hetero) is 1. The average Bonchev–Trinajstić information content (AvgIpc) is 2.49. The molecule has 0 amide bonds. The molecule has 84 valence electrons. The highest BCUT2D eigenvalue weighted by Gasteiger charge is 2.36. The van der Waals surface area contributed by atoms with E-state index < -0.39 is 0 Å². The summed E-state index contributed by atoms with van der Waals surface area (Å²) in [7, 11) is 0. The van der Waals surface area contributed by atoms with E-state index >= 15 is 0 Å². The summed E-state index contributed by atoms with van der Waals surface area (Å²) in [4.78, 5) is 12.0. The molecule has 0 heterocycles. The van der Waals surface area contributed by atoms with Crippen LogP contribution in [0.2, 0.25) is 5.02 Å². The summed E-state index contributed by atoms with van der Waals surface area (Å²) >= 11 is 6.07. The van der Waals surface area contributed by atoms with E-state index in [0.717, 1.165) is 24.0 Å². The van der Waals surface area contributed by atoms with Gasteiger partial charge < -0.3 is 0 Å². The topological polar surface area (TPSA) is 17.1 Å². The zero-order valence-electron chi connectivity index (χ0n) is 9.59. The molecular formula is C14H15ClO. The Morgan fingerprint density at radius 1 is 1.31 bits per heavy atom. The Labute approximate surface area is 101 Å². The first-order chi connectivity index (χ1) is 7.50. The van der Waals surface area contributed by atoms with Crippen molar-refractivity contribution in [2.45, 2.75) is 26.7 Å². The van der Waals surface area contributed by atoms with Gasteiger partial charge in [-0.2, -0.15) is 0 Å². The maximum absolute atomic E-state index is 12.0. The zero-order chi connectivity index (χ0) is 11.8. The van der Waals surface area contributed by atoms with Crippen molar-refractivity contribution in [3.05, 3.63) is 40.4 Å². The van der Waals surface area contributed by atoms with Gasteiger partial charge in [0.2, 0.25) is 0 Å². The van der Waals surface area contributed by atoms with E-state index in [4.69, 9.17) is 11.6 Å². The van der Waals surface area contributed by atoms with Crippen LogP contribution in [0, 0.1) is 5.41 Å². The lowest BCUT2D eigenvalue weighted by Crippen LogP contribution is -2.17. The van der Waals surface area contributed by atoms with Crippen molar-refractivity contribution in [2.75, 3.05) is 0 Å². The lowest BCUT2D eigenvalue weighted by molar-refractivity contribution is -0.121. The summed E-state index contributed by atoms with van der Waals surface area (Å²) in [6.07, 6.45) is 3.72. The first kappa shape index (κ1) is 11.4. The van der Waals surface area contributed by atoms with Gasteiger partial charge in [0.25, 0.3) is 0 Å². The van der Waals surface area contributed by atoms with Crippen molar-refractivity contribution in [2.24, 2.45) is 5.41 Å². The van der Waals surface area contributed by atoms with Crippen molar-refractivity contribution >= 4 is 23.5 Å². The first-order valence-electron chi connectivity index (χ1n) is 5.50. The number of hydrogen-bond donors (Lipinski definition) is 0. The van der Waals surface area contributed by atoms with Gasteiger partial charge in [-0.3, -0.25) is 4.79 Å². The van der Waals surface area contributed by atoms with Gasteiger partial charge in [-0.05, 0) is 36.1 Å². The summed E-state index contributed by atoms with van der Waals surface area (Å²) in [5.41, 5.74) is 1.64. The maximum Gasteiger partial charge on any atom is 0.164 e. The minimum atomic E-state index is -0.201. The second-order valence-electron chi connectivity index (χ2n) is 4.90. The summed E-state index contributed by atoms with van der Waals surface area (Å²) < 4.78 is 0. The number of carbonyl (C=O) groups excluding carboxylic acids is 1. The van der Waals surface area contributed by atoms with Gasteiger partial charge in [-0.1, -0.05) is 43.6 Å². The highest BCUT2D eigenvalue weighted by Crippen LogP contribution is 2.38. The van der Waals surface area contributed by atoms with E-state index in [-0.39, 0.29) is 11.2 Å². The van der Waals surface area contributed by atoms with Crippen molar-refractivity contribution in [3.63, 3.8) is 0 Å². The van der Waals surface area contributed by atoms with Crippen LogP contribution >= 0.6 is 11.6 Å². The molecule has 0 N–H and O–H groups in total. The summed E-state index contributed by atoms with van der Waals surface area (Å²) in [5.74, 6) is 0.257. The van der Waals surface area contributed by atoms with Crippen LogP contribution in [0.5, 0.6) is 0 Å². The minimum absolute atomic E-state index is 0.201. The molecule has 1 aliphatic rings. The van der Waals surface area contributed by atoms with Gasteiger partial charge in [0.1, 0.15) is 0 Å². The van der Waals surface area contributed by atoms with Gasteiger partial charge >= 0.3 is 0 Å². The van der Waals surface area contributed by atoms with Crippen molar-refractivity contribution in [1.82, 2.24) is 0 Å². The number of halogens is 1. The first-order valence-corrected chi connectivity index (χ1v) is 5.88. The Bertz CT molecular complexity index is 458. The number of rotatable bonds is 1. The summed E-state index contributed by atoms with van der Waals surface area (Å²) in [6.45, 7) is 4.01. The molecule has 0 aromatic heterocycles. The van der Waals surface area contributed by atoms with Gasteiger partial charge in [0, 0.05) is 10.4 Å². The van der Waals surface area contributed by atoms with Crippen LogP contribution in [0.25, 0.3) is 6.08 Å². The molecule has 1 aliphatic carbocycles. The number of ketones is 1. The molecule has 2 rings (SSSR count). The van der Waals surface area contributed by atoms with Crippen LogP contribution in [-0.2, 0) is 4.79 Å². The van der Waals surface area contributed by atoms with E-state index in [1.807, 2.05) is 44.2 Å². The van der Waals surface area contributed by atoms with E-state index in [1.54, 1.807) is 0 Å². The summed E-state index contributed by atoms with van der Waals surface area (Å²) in [5, 5.41) is 0.701. The number of allylic oxidation sites excluding steroid dienone is 1. The maximum atomic E-state index is 12.0. The Hall–Kier alpha value is -1.08. The quantitative estimate of drug-likeness (QED) is 0.669. The van der Waals surface area contributed by atoms with Crippen LogP contribution in [0.1, 0.15) is 32.3 Å². The molecule has 1 saturated carbocycles. The lowest BCUT2D eigenvalue weighted by atomic mass is 9.90. The molecule has 0 bridgehead atoms. The molecule has 0 radical (unpaired) electrons. The third-order valence-electron chi connectivity index (χ3n) is 3.16. The predicted octanol–water partition coefficient (Wildman–Crippen LogP) is 4.11. The summed E-state index contributed by atoms with van der Waals surface area (Å²) in [6, 6.07) is 7.61. The minimum Gasteiger partial charge on any atom is -0.294 e. The van der Waals surface area contributed by atoms with Crippen molar-refractivity contribution in [3.8, 4) is 0 Å². The molecule has 0 spiro atoms. The third-order valence-corrected chi connectivity index (χ3v) is 3.50.